The fourth-order valence-corrected chi connectivity index (χ4v) is 5.67. The van der Waals surface area contributed by atoms with Crippen LogP contribution in [0.25, 0.3) is 0 Å². The van der Waals surface area contributed by atoms with E-state index < -0.39 is 10.0 Å². The van der Waals surface area contributed by atoms with Gasteiger partial charge in [0, 0.05) is 36.5 Å². The highest BCUT2D eigenvalue weighted by Gasteiger charge is 2.25. The van der Waals surface area contributed by atoms with Gasteiger partial charge in [-0.05, 0) is 24.3 Å². The van der Waals surface area contributed by atoms with Gasteiger partial charge in [-0.25, -0.2) is 18.2 Å². The zero-order chi connectivity index (χ0) is 21.9. The number of nitrogens with zero attached hydrogens (tertiary/aromatic N) is 3. The van der Waals surface area contributed by atoms with Crippen molar-refractivity contribution in [3.63, 3.8) is 0 Å². The Hall–Kier alpha value is -2.50. The number of thiazole rings is 1. The molecular formula is C19H24N4O5S2. The Balaban J connectivity index is 1.70. The van der Waals surface area contributed by atoms with Gasteiger partial charge in [0.1, 0.15) is 0 Å². The van der Waals surface area contributed by atoms with Crippen LogP contribution in [0, 0.1) is 0 Å². The summed E-state index contributed by atoms with van der Waals surface area (Å²) in [5.74, 6) is -0.377. The summed E-state index contributed by atoms with van der Waals surface area (Å²) in [6.07, 6.45) is 0.203. The second kappa shape index (κ2) is 9.11. The molecule has 3 rings (SSSR count). The van der Waals surface area contributed by atoms with E-state index in [1.54, 1.807) is 18.7 Å². The van der Waals surface area contributed by atoms with Crippen LogP contribution in [-0.2, 0) is 27.7 Å². The van der Waals surface area contributed by atoms with Crippen molar-refractivity contribution >= 4 is 38.5 Å². The first kappa shape index (κ1) is 22.2. The maximum Gasteiger partial charge on any atom is 0.409 e. The van der Waals surface area contributed by atoms with Crippen molar-refractivity contribution in [1.82, 2.24) is 14.2 Å². The van der Waals surface area contributed by atoms with E-state index in [0.717, 1.165) is 10.6 Å². The molecule has 0 radical (unpaired) electrons. The van der Waals surface area contributed by atoms with Gasteiger partial charge < -0.3 is 9.64 Å². The number of fused-ring (bicyclic) bond motifs is 1. The van der Waals surface area contributed by atoms with Crippen LogP contribution < -0.4 is 5.32 Å². The average Bonchev–Trinajstić information content (AvgIpc) is 3.15. The van der Waals surface area contributed by atoms with Gasteiger partial charge in [0.25, 0.3) is 5.91 Å². The number of carbonyl (C=O) groups excluding carboxylic acids is 2. The van der Waals surface area contributed by atoms with Crippen LogP contribution in [0.1, 0.15) is 34.8 Å². The van der Waals surface area contributed by atoms with E-state index >= 15 is 0 Å². The number of sulfonamides is 1. The molecule has 11 heteroatoms. The summed E-state index contributed by atoms with van der Waals surface area (Å²) in [7, 11) is -2.23. The number of aromatic nitrogens is 1. The summed E-state index contributed by atoms with van der Waals surface area (Å²) in [6, 6.07) is 5.84. The molecule has 0 spiro atoms. The molecule has 1 aliphatic rings. The van der Waals surface area contributed by atoms with E-state index in [4.69, 9.17) is 4.74 Å². The minimum Gasteiger partial charge on any atom is -0.453 e. The highest BCUT2D eigenvalue weighted by molar-refractivity contribution is 7.89. The Morgan fingerprint density at radius 3 is 2.50 bits per heavy atom. The van der Waals surface area contributed by atoms with Crippen molar-refractivity contribution in [2.45, 2.75) is 31.7 Å². The van der Waals surface area contributed by atoms with Crippen LogP contribution in [0.5, 0.6) is 0 Å². The summed E-state index contributed by atoms with van der Waals surface area (Å²) < 4.78 is 31.2. The molecule has 0 atom stereocenters. The number of amides is 2. The zero-order valence-corrected chi connectivity index (χ0v) is 18.7. The summed E-state index contributed by atoms with van der Waals surface area (Å²) in [4.78, 5) is 31.3. The summed E-state index contributed by atoms with van der Waals surface area (Å²) in [5, 5.41) is 3.19. The summed E-state index contributed by atoms with van der Waals surface area (Å²) in [6.45, 7) is 5.22. The number of carbonyl (C=O) groups is 2. The molecule has 1 N–H and O–H groups in total. The number of hydrogen-bond acceptors (Lipinski definition) is 7. The molecule has 0 bridgehead atoms. The van der Waals surface area contributed by atoms with Crippen molar-refractivity contribution in [2.24, 2.45) is 0 Å². The van der Waals surface area contributed by atoms with Gasteiger partial charge in [-0.15, -0.1) is 0 Å². The third-order valence-electron chi connectivity index (χ3n) is 4.84. The van der Waals surface area contributed by atoms with Crippen molar-refractivity contribution < 1.29 is 22.7 Å². The predicted octanol–water partition coefficient (Wildman–Crippen LogP) is 2.55. The van der Waals surface area contributed by atoms with Crippen molar-refractivity contribution in [3.8, 4) is 0 Å². The minimum absolute atomic E-state index is 0.148. The molecule has 30 heavy (non-hydrogen) atoms. The first-order valence-electron chi connectivity index (χ1n) is 9.53. The molecular weight excluding hydrogens is 428 g/mol. The normalized spacial score (nSPS) is 13.8. The van der Waals surface area contributed by atoms with Crippen LogP contribution >= 0.6 is 11.3 Å². The number of rotatable bonds is 6. The summed E-state index contributed by atoms with van der Waals surface area (Å²) >= 11 is 1.31. The minimum atomic E-state index is -3.57. The molecule has 2 aromatic rings. The molecule has 162 valence electrons. The number of ether oxygens (including phenoxy) is 1. The zero-order valence-electron chi connectivity index (χ0n) is 17.0. The van der Waals surface area contributed by atoms with Crippen molar-refractivity contribution in [2.75, 3.05) is 32.1 Å². The van der Waals surface area contributed by atoms with Gasteiger partial charge in [-0.3, -0.25) is 10.1 Å². The molecule has 0 saturated carbocycles. The lowest BCUT2D eigenvalue weighted by Gasteiger charge is -2.24. The maximum absolute atomic E-state index is 12.6. The third-order valence-corrected chi connectivity index (χ3v) is 7.91. The largest absolute Gasteiger partial charge is 0.453 e. The summed E-state index contributed by atoms with van der Waals surface area (Å²) in [5.41, 5.74) is 1.19. The molecule has 9 nitrogen and oxygen atoms in total. The smallest absolute Gasteiger partial charge is 0.409 e. The van der Waals surface area contributed by atoms with Crippen molar-refractivity contribution in [3.05, 3.63) is 40.4 Å². The lowest BCUT2D eigenvalue weighted by molar-refractivity contribution is 0.102. The highest BCUT2D eigenvalue weighted by atomic mass is 32.2. The second-order valence-electron chi connectivity index (χ2n) is 6.60. The second-order valence-corrected chi connectivity index (χ2v) is 9.62. The predicted molar refractivity (Wildman–Crippen MR) is 113 cm³/mol. The van der Waals surface area contributed by atoms with Crippen molar-refractivity contribution in [1.29, 1.82) is 0 Å². The van der Waals surface area contributed by atoms with Crippen LogP contribution in [0.2, 0.25) is 0 Å². The van der Waals surface area contributed by atoms with Gasteiger partial charge in [0.05, 0.1) is 24.2 Å². The molecule has 1 aromatic heterocycles. The molecule has 1 aromatic carbocycles. The number of hydrogen-bond donors (Lipinski definition) is 1. The average molecular weight is 453 g/mol. The van der Waals surface area contributed by atoms with E-state index in [0.29, 0.717) is 43.3 Å². The third kappa shape index (κ3) is 4.47. The number of anilines is 1. The van der Waals surface area contributed by atoms with Gasteiger partial charge in [0.15, 0.2) is 5.13 Å². The van der Waals surface area contributed by atoms with E-state index in [-0.39, 0.29) is 16.9 Å². The van der Waals surface area contributed by atoms with E-state index in [9.17, 15) is 18.0 Å². The Labute approximate surface area is 179 Å². The maximum atomic E-state index is 12.6. The van der Waals surface area contributed by atoms with Crippen LogP contribution in [0.4, 0.5) is 9.93 Å². The Morgan fingerprint density at radius 1 is 1.23 bits per heavy atom. The Morgan fingerprint density at radius 2 is 1.90 bits per heavy atom. The fourth-order valence-electron chi connectivity index (χ4n) is 3.19. The monoisotopic (exact) mass is 452 g/mol. The van der Waals surface area contributed by atoms with Gasteiger partial charge in [0.2, 0.25) is 10.0 Å². The lowest BCUT2D eigenvalue weighted by atomic mass is 10.2. The lowest BCUT2D eigenvalue weighted by Crippen LogP contribution is -2.35. The number of benzene rings is 1. The molecule has 0 unspecified atom stereocenters. The Bertz CT molecular complexity index is 1030. The quantitative estimate of drug-likeness (QED) is 0.721. The van der Waals surface area contributed by atoms with Crippen LogP contribution in [0.3, 0.4) is 0 Å². The molecule has 0 saturated heterocycles. The standard InChI is InChI=1S/C19H24N4O5S2/c1-4-23(5-2)30(26,27)14-8-6-13(7-9-14)17(24)21-18-20-15-10-11-22(19(25)28-3)12-16(15)29-18/h6-9H,4-5,10-12H2,1-3H3,(H,20,21,24). The van der Waals surface area contributed by atoms with Gasteiger partial charge >= 0.3 is 6.09 Å². The SMILES string of the molecule is CCN(CC)S(=O)(=O)c1ccc(C(=O)Nc2nc3c(s2)CN(C(=O)OC)CC3)cc1. The van der Waals surface area contributed by atoms with Gasteiger partial charge in [-0.1, -0.05) is 25.2 Å². The van der Waals surface area contributed by atoms with Gasteiger partial charge in [-0.2, -0.15) is 4.31 Å². The first-order chi connectivity index (χ1) is 14.3. The fraction of sp³-hybridized carbons (Fsp3) is 0.421. The molecule has 2 amide bonds. The van der Waals surface area contributed by atoms with E-state index in [2.05, 4.69) is 10.3 Å². The topological polar surface area (TPSA) is 109 Å². The molecule has 2 heterocycles. The Kier molecular flexibility index (Phi) is 6.74. The number of nitrogens with one attached hydrogen (secondary N) is 1. The van der Waals surface area contributed by atoms with Crippen LogP contribution in [0.15, 0.2) is 29.2 Å². The number of methoxy groups -OCH3 is 1. The highest BCUT2D eigenvalue weighted by Crippen LogP contribution is 2.29. The van der Waals surface area contributed by atoms with E-state index in [1.807, 2.05) is 0 Å². The van der Waals surface area contributed by atoms with E-state index in [1.165, 1.54) is 47.0 Å². The van der Waals surface area contributed by atoms with Crippen LogP contribution in [-0.4, -0.2) is 61.4 Å². The molecule has 1 aliphatic heterocycles. The first-order valence-corrected chi connectivity index (χ1v) is 11.8. The molecule has 0 aliphatic carbocycles. The molecule has 0 fully saturated rings.